The molecule has 0 radical (unpaired) electrons. The van der Waals surface area contributed by atoms with Crippen molar-refractivity contribution in [1.29, 1.82) is 0 Å². The first kappa shape index (κ1) is 20.7. The van der Waals surface area contributed by atoms with Crippen LogP contribution in [0.5, 0.6) is 11.5 Å². The lowest BCUT2D eigenvalue weighted by Crippen LogP contribution is -2.50. The average molecular weight is 411 g/mol. The zero-order valence-corrected chi connectivity index (χ0v) is 17.6. The minimum absolute atomic E-state index is 0.0414. The Morgan fingerprint density at radius 2 is 1.87 bits per heavy atom. The van der Waals surface area contributed by atoms with E-state index in [1.807, 2.05) is 47.4 Å². The van der Waals surface area contributed by atoms with Gasteiger partial charge in [-0.15, -0.1) is 0 Å². The molecule has 0 bridgehead atoms. The smallest absolute Gasteiger partial charge is 0.254 e. The SMILES string of the molecule is COc1cc(C(=O)N2CCN(CC3CCCO3)CC2)ccc1OCc1ccccc1. The number of hydrogen-bond acceptors (Lipinski definition) is 5. The van der Waals surface area contributed by atoms with Crippen LogP contribution < -0.4 is 9.47 Å². The standard InChI is InChI=1S/C24H30N2O4/c1-28-23-16-20(9-10-22(23)30-18-19-6-3-2-4-7-19)24(27)26-13-11-25(12-14-26)17-21-8-5-15-29-21/h2-4,6-7,9-10,16,21H,5,8,11-15,17-18H2,1H3. The molecule has 160 valence electrons. The number of methoxy groups -OCH3 is 1. The third kappa shape index (κ3) is 5.12. The lowest BCUT2D eigenvalue weighted by Gasteiger charge is -2.35. The highest BCUT2D eigenvalue weighted by Crippen LogP contribution is 2.29. The van der Waals surface area contributed by atoms with E-state index in [9.17, 15) is 4.79 Å². The first-order chi connectivity index (χ1) is 14.7. The van der Waals surface area contributed by atoms with Crippen molar-refractivity contribution >= 4 is 5.91 Å². The summed E-state index contributed by atoms with van der Waals surface area (Å²) in [6.45, 7) is 5.57. The maximum Gasteiger partial charge on any atom is 0.254 e. The van der Waals surface area contributed by atoms with Crippen molar-refractivity contribution in [2.75, 3.05) is 46.4 Å². The normalized spacial score (nSPS) is 19.6. The topological polar surface area (TPSA) is 51.2 Å². The molecule has 0 aromatic heterocycles. The Labute approximate surface area is 178 Å². The molecule has 1 atom stereocenters. The highest BCUT2D eigenvalue weighted by Gasteiger charge is 2.26. The van der Waals surface area contributed by atoms with Crippen molar-refractivity contribution in [3.63, 3.8) is 0 Å². The van der Waals surface area contributed by atoms with Crippen LogP contribution in [0.15, 0.2) is 48.5 Å². The summed E-state index contributed by atoms with van der Waals surface area (Å²) in [5, 5.41) is 0. The third-order valence-electron chi connectivity index (χ3n) is 5.79. The lowest BCUT2D eigenvalue weighted by atomic mass is 10.1. The molecule has 0 N–H and O–H groups in total. The van der Waals surface area contributed by atoms with Crippen molar-refractivity contribution in [2.45, 2.75) is 25.6 Å². The van der Waals surface area contributed by atoms with Gasteiger partial charge >= 0.3 is 0 Å². The summed E-state index contributed by atoms with van der Waals surface area (Å²) >= 11 is 0. The molecule has 2 heterocycles. The minimum Gasteiger partial charge on any atom is -0.493 e. The van der Waals surface area contributed by atoms with Crippen LogP contribution in [-0.2, 0) is 11.3 Å². The zero-order chi connectivity index (χ0) is 20.8. The van der Waals surface area contributed by atoms with Gasteiger partial charge in [0.05, 0.1) is 13.2 Å². The predicted molar refractivity (Wildman–Crippen MR) is 115 cm³/mol. The Kier molecular flexibility index (Phi) is 6.87. The van der Waals surface area contributed by atoms with Gasteiger partial charge in [0.2, 0.25) is 0 Å². The molecule has 0 saturated carbocycles. The van der Waals surface area contributed by atoms with E-state index in [-0.39, 0.29) is 5.91 Å². The molecule has 1 amide bonds. The summed E-state index contributed by atoms with van der Waals surface area (Å²) in [7, 11) is 1.60. The molecule has 2 aliphatic heterocycles. The molecular weight excluding hydrogens is 380 g/mol. The molecule has 4 rings (SSSR count). The minimum atomic E-state index is 0.0414. The molecule has 0 aliphatic carbocycles. The first-order valence-corrected chi connectivity index (χ1v) is 10.7. The molecule has 2 aromatic carbocycles. The molecule has 0 spiro atoms. The first-order valence-electron chi connectivity index (χ1n) is 10.7. The molecule has 1 unspecified atom stereocenters. The average Bonchev–Trinajstić information content (AvgIpc) is 3.31. The van der Waals surface area contributed by atoms with E-state index >= 15 is 0 Å². The van der Waals surface area contributed by atoms with E-state index in [1.54, 1.807) is 13.2 Å². The number of benzene rings is 2. The van der Waals surface area contributed by atoms with E-state index in [0.29, 0.717) is 29.8 Å². The summed E-state index contributed by atoms with van der Waals surface area (Å²) in [4.78, 5) is 17.3. The summed E-state index contributed by atoms with van der Waals surface area (Å²) < 4.78 is 17.1. The van der Waals surface area contributed by atoms with Gasteiger partial charge in [0.1, 0.15) is 6.61 Å². The quantitative estimate of drug-likeness (QED) is 0.702. The lowest BCUT2D eigenvalue weighted by molar-refractivity contribution is 0.0432. The number of piperazine rings is 1. The Bertz CT molecular complexity index is 828. The predicted octanol–water partition coefficient (Wildman–Crippen LogP) is 3.21. The Balaban J connectivity index is 1.33. The summed E-state index contributed by atoms with van der Waals surface area (Å²) in [5.74, 6) is 1.26. The van der Waals surface area contributed by atoms with Crippen LogP contribution in [0.25, 0.3) is 0 Å². The maximum atomic E-state index is 13.0. The maximum absolute atomic E-state index is 13.0. The van der Waals surface area contributed by atoms with E-state index in [4.69, 9.17) is 14.2 Å². The summed E-state index contributed by atoms with van der Waals surface area (Å²) in [6, 6.07) is 15.4. The molecule has 2 saturated heterocycles. The van der Waals surface area contributed by atoms with Crippen molar-refractivity contribution in [2.24, 2.45) is 0 Å². The highest BCUT2D eigenvalue weighted by molar-refractivity contribution is 5.95. The number of ether oxygens (including phenoxy) is 3. The second-order valence-corrected chi connectivity index (χ2v) is 7.87. The molecule has 2 aromatic rings. The van der Waals surface area contributed by atoms with Gasteiger partial charge in [-0.05, 0) is 36.6 Å². The van der Waals surface area contributed by atoms with Crippen LogP contribution in [0.4, 0.5) is 0 Å². The number of hydrogen-bond donors (Lipinski definition) is 0. The van der Waals surface area contributed by atoms with Gasteiger partial charge in [-0.25, -0.2) is 0 Å². The van der Waals surface area contributed by atoms with Crippen LogP contribution >= 0.6 is 0 Å². The van der Waals surface area contributed by atoms with Gasteiger partial charge < -0.3 is 19.1 Å². The Morgan fingerprint density at radius 3 is 2.57 bits per heavy atom. The van der Waals surface area contributed by atoms with Crippen LogP contribution in [-0.4, -0.2) is 68.3 Å². The summed E-state index contributed by atoms with van der Waals surface area (Å²) in [6.07, 6.45) is 2.67. The van der Waals surface area contributed by atoms with Gasteiger partial charge in [-0.1, -0.05) is 30.3 Å². The second kappa shape index (κ2) is 9.96. The highest BCUT2D eigenvalue weighted by atomic mass is 16.5. The van der Waals surface area contributed by atoms with Crippen molar-refractivity contribution < 1.29 is 19.0 Å². The van der Waals surface area contributed by atoms with Crippen molar-refractivity contribution in [1.82, 2.24) is 9.80 Å². The fraction of sp³-hybridized carbons (Fsp3) is 0.458. The Hall–Kier alpha value is -2.57. The largest absolute Gasteiger partial charge is 0.493 e. The molecule has 2 fully saturated rings. The van der Waals surface area contributed by atoms with Gasteiger partial charge in [0, 0.05) is 44.9 Å². The second-order valence-electron chi connectivity index (χ2n) is 7.87. The van der Waals surface area contributed by atoms with Gasteiger partial charge in [0.15, 0.2) is 11.5 Å². The van der Waals surface area contributed by atoms with Gasteiger partial charge in [0.25, 0.3) is 5.91 Å². The Morgan fingerprint density at radius 1 is 1.07 bits per heavy atom. The van der Waals surface area contributed by atoms with Crippen LogP contribution in [0, 0.1) is 0 Å². The van der Waals surface area contributed by atoms with E-state index in [0.717, 1.165) is 57.7 Å². The van der Waals surface area contributed by atoms with Crippen LogP contribution in [0.1, 0.15) is 28.8 Å². The van der Waals surface area contributed by atoms with E-state index in [2.05, 4.69) is 4.90 Å². The number of amides is 1. The van der Waals surface area contributed by atoms with Crippen molar-refractivity contribution in [3.8, 4) is 11.5 Å². The van der Waals surface area contributed by atoms with Gasteiger partial charge in [-0.2, -0.15) is 0 Å². The van der Waals surface area contributed by atoms with Crippen molar-refractivity contribution in [3.05, 3.63) is 59.7 Å². The fourth-order valence-electron chi connectivity index (χ4n) is 4.05. The monoisotopic (exact) mass is 410 g/mol. The number of carbonyl (C=O) groups excluding carboxylic acids is 1. The fourth-order valence-corrected chi connectivity index (χ4v) is 4.05. The third-order valence-corrected chi connectivity index (χ3v) is 5.79. The van der Waals surface area contributed by atoms with Gasteiger partial charge in [-0.3, -0.25) is 9.69 Å². The number of carbonyl (C=O) groups is 1. The molecule has 6 heteroatoms. The van der Waals surface area contributed by atoms with E-state index < -0.39 is 0 Å². The van der Waals surface area contributed by atoms with E-state index in [1.165, 1.54) is 0 Å². The molecule has 2 aliphatic rings. The zero-order valence-electron chi connectivity index (χ0n) is 17.6. The molecular formula is C24H30N2O4. The van der Waals surface area contributed by atoms with Crippen LogP contribution in [0.3, 0.4) is 0 Å². The summed E-state index contributed by atoms with van der Waals surface area (Å²) in [5.41, 5.74) is 1.71. The number of nitrogens with zero attached hydrogens (tertiary/aromatic N) is 2. The number of rotatable bonds is 7. The van der Waals surface area contributed by atoms with Crippen LogP contribution in [0.2, 0.25) is 0 Å². The molecule has 30 heavy (non-hydrogen) atoms. The molecule has 6 nitrogen and oxygen atoms in total.